The van der Waals surface area contributed by atoms with Gasteiger partial charge in [-0.15, -0.1) is 0 Å². The van der Waals surface area contributed by atoms with E-state index in [1.54, 1.807) is 6.20 Å². The van der Waals surface area contributed by atoms with Gasteiger partial charge in [0.05, 0.1) is 17.9 Å². The molecule has 0 radical (unpaired) electrons. The Hall–Kier alpha value is -1.07. The van der Waals surface area contributed by atoms with E-state index in [4.69, 9.17) is 16.7 Å². The molecule has 2 N–H and O–H groups in total. The molecule has 0 unspecified atom stereocenters. The molecule has 0 fully saturated rings. The molecule has 1 rings (SSSR count). The minimum atomic E-state index is -0.283. The fourth-order valence-corrected chi connectivity index (χ4v) is 1.60. The quantitative estimate of drug-likeness (QED) is 0.763. The van der Waals surface area contributed by atoms with Crippen molar-refractivity contribution in [2.24, 2.45) is 0 Å². The van der Waals surface area contributed by atoms with Gasteiger partial charge in [0.15, 0.2) is 0 Å². The Morgan fingerprint density at radius 2 is 2.24 bits per heavy atom. The van der Waals surface area contributed by atoms with E-state index in [2.05, 4.69) is 10.4 Å². The molecular weight excluding hydrogens is 242 g/mol. The van der Waals surface area contributed by atoms with Crippen LogP contribution in [0.2, 0.25) is 5.02 Å². The summed E-state index contributed by atoms with van der Waals surface area (Å²) in [7, 11) is 0. The van der Waals surface area contributed by atoms with Crippen LogP contribution < -0.4 is 10.9 Å². The Morgan fingerprint density at radius 3 is 2.82 bits per heavy atom. The predicted octanol–water partition coefficient (Wildman–Crippen LogP) is 1.66. The Balaban J connectivity index is 2.75. The zero-order valence-electron chi connectivity index (χ0n) is 10.1. The number of rotatable bonds is 6. The van der Waals surface area contributed by atoms with E-state index in [1.165, 1.54) is 4.68 Å². The average molecular weight is 260 g/mol. The van der Waals surface area contributed by atoms with Crippen LogP contribution in [0.1, 0.15) is 32.7 Å². The standard InChI is InChI=1S/C11H18ClN3O2/c1-8(2)15-11(17)10(12)9(7-14-15)13-5-3-4-6-16/h7-8,13,16H,3-6H2,1-2H3. The van der Waals surface area contributed by atoms with E-state index in [9.17, 15) is 4.79 Å². The van der Waals surface area contributed by atoms with Crippen LogP contribution in [0.3, 0.4) is 0 Å². The highest BCUT2D eigenvalue weighted by Gasteiger charge is 2.10. The largest absolute Gasteiger partial charge is 0.396 e. The molecule has 0 aromatic carbocycles. The molecular formula is C11H18ClN3O2. The lowest BCUT2D eigenvalue weighted by molar-refractivity contribution is 0.286. The van der Waals surface area contributed by atoms with Crippen LogP contribution in [0.15, 0.2) is 11.0 Å². The molecule has 5 nitrogen and oxygen atoms in total. The van der Waals surface area contributed by atoms with Gasteiger partial charge in [0, 0.05) is 13.2 Å². The van der Waals surface area contributed by atoms with Gasteiger partial charge in [-0.1, -0.05) is 11.6 Å². The van der Waals surface area contributed by atoms with Crippen LogP contribution in [-0.2, 0) is 0 Å². The number of nitrogens with one attached hydrogen (secondary N) is 1. The molecule has 17 heavy (non-hydrogen) atoms. The fourth-order valence-electron chi connectivity index (χ4n) is 1.40. The van der Waals surface area contributed by atoms with E-state index in [1.807, 2.05) is 13.8 Å². The summed E-state index contributed by atoms with van der Waals surface area (Å²) >= 11 is 5.97. The van der Waals surface area contributed by atoms with Gasteiger partial charge in [-0.2, -0.15) is 5.10 Å². The molecule has 0 saturated heterocycles. The SMILES string of the molecule is CC(C)n1ncc(NCCCCO)c(Cl)c1=O. The molecule has 0 aliphatic heterocycles. The predicted molar refractivity (Wildman–Crippen MR) is 68.7 cm³/mol. The highest BCUT2D eigenvalue weighted by molar-refractivity contribution is 6.32. The molecule has 0 aliphatic carbocycles. The molecule has 0 aliphatic rings. The zero-order valence-corrected chi connectivity index (χ0v) is 10.9. The van der Waals surface area contributed by atoms with E-state index >= 15 is 0 Å². The highest BCUT2D eigenvalue weighted by Crippen LogP contribution is 2.16. The Bertz CT molecular complexity index is 418. The van der Waals surface area contributed by atoms with Crippen molar-refractivity contribution in [1.29, 1.82) is 0 Å². The van der Waals surface area contributed by atoms with Gasteiger partial charge < -0.3 is 10.4 Å². The lowest BCUT2D eigenvalue weighted by Gasteiger charge is -2.11. The molecule has 1 heterocycles. The minimum Gasteiger partial charge on any atom is -0.396 e. The van der Waals surface area contributed by atoms with E-state index in [0.29, 0.717) is 12.2 Å². The first kappa shape index (κ1) is 14.0. The summed E-state index contributed by atoms with van der Waals surface area (Å²) < 4.78 is 1.35. The third-order valence-corrected chi connectivity index (χ3v) is 2.70. The molecule has 0 atom stereocenters. The highest BCUT2D eigenvalue weighted by atomic mass is 35.5. The van der Waals surface area contributed by atoms with Gasteiger partial charge in [-0.05, 0) is 26.7 Å². The van der Waals surface area contributed by atoms with Crippen LogP contribution >= 0.6 is 11.6 Å². The zero-order chi connectivity index (χ0) is 12.8. The maximum atomic E-state index is 11.8. The van der Waals surface area contributed by atoms with E-state index in [0.717, 1.165) is 12.8 Å². The smallest absolute Gasteiger partial charge is 0.287 e. The van der Waals surface area contributed by atoms with Crippen molar-refractivity contribution in [1.82, 2.24) is 9.78 Å². The Kier molecular flexibility index (Phi) is 5.44. The van der Waals surface area contributed by atoms with Crippen LogP contribution in [0.25, 0.3) is 0 Å². The fraction of sp³-hybridized carbons (Fsp3) is 0.636. The Morgan fingerprint density at radius 1 is 1.53 bits per heavy atom. The number of aliphatic hydroxyl groups is 1. The van der Waals surface area contributed by atoms with Gasteiger partial charge >= 0.3 is 0 Å². The van der Waals surface area contributed by atoms with Crippen molar-refractivity contribution in [3.05, 3.63) is 21.6 Å². The molecule has 0 spiro atoms. The lowest BCUT2D eigenvalue weighted by atomic mass is 10.3. The summed E-state index contributed by atoms with van der Waals surface area (Å²) in [5, 5.41) is 15.9. The molecule has 1 aromatic rings. The topological polar surface area (TPSA) is 67.2 Å². The van der Waals surface area contributed by atoms with Crippen molar-refractivity contribution in [3.63, 3.8) is 0 Å². The van der Waals surface area contributed by atoms with E-state index < -0.39 is 0 Å². The third kappa shape index (κ3) is 3.71. The van der Waals surface area contributed by atoms with Crippen LogP contribution in [0, 0.1) is 0 Å². The third-order valence-electron chi connectivity index (χ3n) is 2.33. The van der Waals surface area contributed by atoms with Gasteiger partial charge in [-0.3, -0.25) is 4.79 Å². The van der Waals surface area contributed by atoms with Gasteiger partial charge in [0.2, 0.25) is 0 Å². The van der Waals surface area contributed by atoms with Crippen molar-refractivity contribution in [3.8, 4) is 0 Å². The van der Waals surface area contributed by atoms with Crippen LogP contribution in [0.5, 0.6) is 0 Å². The number of halogens is 1. The second-order valence-corrected chi connectivity index (χ2v) is 4.45. The van der Waals surface area contributed by atoms with Gasteiger partial charge in [0.1, 0.15) is 5.02 Å². The Labute approximate surface area is 105 Å². The van der Waals surface area contributed by atoms with Crippen molar-refractivity contribution in [2.45, 2.75) is 32.7 Å². The van der Waals surface area contributed by atoms with Crippen molar-refractivity contribution < 1.29 is 5.11 Å². The van der Waals surface area contributed by atoms with Crippen molar-refractivity contribution in [2.75, 3.05) is 18.5 Å². The summed E-state index contributed by atoms with van der Waals surface area (Å²) in [6, 6.07) is -0.0107. The molecule has 96 valence electrons. The first-order valence-electron chi connectivity index (χ1n) is 5.70. The maximum absolute atomic E-state index is 11.8. The molecule has 0 bridgehead atoms. The maximum Gasteiger partial charge on any atom is 0.287 e. The second kappa shape index (κ2) is 6.61. The number of anilines is 1. The molecule has 1 aromatic heterocycles. The summed E-state index contributed by atoms with van der Waals surface area (Å²) in [5.74, 6) is 0. The molecule has 0 saturated carbocycles. The molecule has 0 amide bonds. The van der Waals surface area contributed by atoms with Gasteiger partial charge in [-0.25, -0.2) is 4.68 Å². The van der Waals surface area contributed by atoms with Crippen molar-refractivity contribution >= 4 is 17.3 Å². The first-order valence-corrected chi connectivity index (χ1v) is 6.07. The summed E-state index contributed by atoms with van der Waals surface area (Å²) in [5.41, 5.74) is 0.264. The average Bonchev–Trinajstić information content (AvgIpc) is 2.29. The number of unbranched alkanes of at least 4 members (excludes halogenated alkanes) is 1. The first-order chi connectivity index (χ1) is 8.07. The van der Waals surface area contributed by atoms with E-state index in [-0.39, 0.29) is 23.2 Å². The number of aromatic nitrogens is 2. The summed E-state index contributed by atoms with van der Waals surface area (Å²) in [6.45, 7) is 4.58. The number of hydrogen-bond donors (Lipinski definition) is 2. The number of aliphatic hydroxyl groups excluding tert-OH is 1. The minimum absolute atomic E-state index is 0.0107. The molecule has 6 heteroatoms. The normalized spacial score (nSPS) is 10.9. The number of hydrogen-bond acceptors (Lipinski definition) is 4. The van der Waals surface area contributed by atoms with Gasteiger partial charge in [0.25, 0.3) is 5.56 Å². The lowest BCUT2D eigenvalue weighted by Crippen LogP contribution is -2.25. The monoisotopic (exact) mass is 259 g/mol. The van der Waals surface area contributed by atoms with Crippen LogP contribution in [0.4, 0.5) is 5.69 Å². The van der Waals surface area contributed by atoms with Crippen LogP contribution in [-0.4, -0.2) is 28.0 Å². The number of nitrogens with zero attached hydrogens (tertiary/aromatic N) is 2. The summed E-state index contributed by atoms with van der Waals surface area (Å²) in [4.78, 5) is 11.8. The summed E-state index contributed by atoms with van der Waals surface area (Å²) in [6.07, 6.45) is 3.10. The second-order valence-electron chi connectivity index (χ2n) is 4.07.